The molecule has 4 aromatic rings. The highest BCUT2D eigenvalue weighted by Gasteiger charge is 2.16. The van der Waals surface area contributed by atoms with Gasteiger partial charge in [0.05, 0.1) is 5.69 Å². The van der Waals surface area contributed by atoms with Crippen LogP contribution in [0, 0.1) is 0 Å². The van der Waals surface area contributed by atoms with Crippen LogP contribution in [0.1, 0.15) is 10.4 Å². The second-order valence-electron chi connectivity index (χ2n) is 6.30. The summed E-state index contributed by atoms with van der Waals surface area (Å²) in [5.74, 6) is -0.679. The number of urea groups is 1. The number of nitrogens with one attached hydrogen (secondary N) is 1. The zero-order valence-electron chi connectivity index (χ0n) is 14.8. The molecule has 7 heteroatoms. The van der Waals surface area contributed by atoms with Crippen LogP contribution < -0.4 is 16.8 Å². The standard InChI is InChI=1S/C21H17N5O2/c22-19(27)18-12-26(25-20(18)24-21(23)28)17-9-7-14(8-10-17)16-6-5-13-3-1-2-4-15(13)11-16/h1-12H,(H2,22,27)(H3,23,24,25,28). The zero-order valence-corrected chi connectivity index (χ0v) is 14.8. The number of carbonyl (C=O) groups is 2. The summed E-state index contributed by atoms with van der Waals surface area (Å²) in [5, 5.41) is 8.85. The van der Waals surface area contributed by atoms with Crippen molar-refractivity contribution in [3.63, 3.8) is 0 Å². The van der Waals surface area contributed by atoms with Crippen molar-refractivity contribution in [2.75, 3.05) is 5.32 Å². The molecule has 3 aromatic carbocycles. The molecule has 7 nitrogen and oxygen atoms in total. The van der Waals surface area contributed by atoms with E-state index >= 15 is 0 Å². The van der Waals surface area contributed by atoms with Crippen LogP contribution in [-0.2, 0) is 0 Å². The van der Waals surface area contributed by atoms with Gasteiger partial charge in [-0.25, -0.2) is 9.48 Å². The molecule has 0 aliphatic heterocycles. The lowest BCUT2D eigenvalue weighted by Gasteiger charge is -2.06. The molecule has 0 aliphatic rings. The number of anilines is 1. The van der Waals surface area contributed by atoms with Gasteiger partial charge >= 0.3 is 6.03 Å². The summed E-state index contributed by atoms with van der Waals surface area (Å²) >= 11 is 0. The summed E-state index contributed by atoms with van der Waals surface area (Å²) in [6.45, 7) is 0. The Kier molecular flexibility index (Phi) is 4.25. The Labute approximate surface area is 160 Å². The molecule has 0 fully saturated rings. The van der Waals surface area contributed by atoms with E-state index in [1.54, 1.807) is 0 Å². The predicted octanol–water partition coefficient (Wildman–Crippen LogP) is 3.28. The lowest BCUT2D eigenvalue weighted by Crippen LogP contribution is -2.22. The third-order valence-corrected chi connectivity index (χ3v) is 4.44. The van der Waals surface area contributed by atoms with E-state index in [0.717, 1.165) is 11.1 Å². The first-order chi connectivity index (χ1) is 13.5. The largest absolute Gasteiger partial charge is 0.365 e. The number of nitrogens with two attached hydrogens (primary N) is 2. The fourth-order valence-electron chi connectivity index (χ4n) is 3.07. The molecule has 0 radical (unpaired) electrons. The lowest BCUT2D eigenvalue weighted by molar-refractivity contribution is 0.100. The number of primary amides is 2. The molecule has 0 saturated carbocycles. The van der Waals surface area contributed by atoms with Gasteiger partial charge in [0.1, 0.15) is 5.56 Å². The van der Waals surface area contributed by atoms with E-state index in [1.165, 1.54) is 21.7 Å². The van der Waals surface area contributed by atoms with Gasteiger partial charge in [-0.3, -0.25) is 10.1 Å². The number of fused-ring (bicyclic) bond motifs is 1. The summed E-state index contributed by atoms with van der Waals surface area (Å²) in [4.78, 5) is 22.7. The Morgan fingerprint density at radius 3 is 2.21 bits per heavy atom. The summed E-state index contributed by atoms with van der Waals surface area (Å²) in [5.41, 5.74) is 13.4. The highest BCUT2D eigenvalue weighted by atomic mass is 16.2. The molecule has 1 aromatic heterocycles. The van der Waals surface area contributed by atoms with Gasteiger partial charge in [0, 0.05) is 6.20 Å². The van der Waals surface area contributed by atoms with Gasteiger partial charge in [-0.1, -0.05) is 48.5 Å². The van der Waals surface area contributed by atoms with Gasteiger partial charge in [-0.05, 0) is 40.1 Å². The predicted molar refractivity (Wildman–Crippen MR) is 108 cm³/mol. The van der Waals surface area contributed by atoms with Crippen molar-refractivity contribution >= 4 is 28.5 Å². The van der Waals surface area contributed by atoms with Gasteiger partial charge in [0.2, 0.25) is 0 Å². The van der Waals surface area contributed by atoms with Crippen LogP contribution in [0.2, 0.25) is 0 Å². The quantitative estimate of drug-likeness (QED) is 0.511. The van der Waals surface area contributed by atoms with Crippen LogP contribution in [0.4, 0.5) is 10.6 Å². The molecule has 0 atom stereocenters. The molecule has 138 valence electrons. The number of hydrogen-bond acceptors (Lipinski definition) is 3. The van der Waals surface area contributed by atoms with Crippen LogP contribution in [0.5, 0.6) is 0 Å². The van der Waals surface area contributed by atoms with Gasteiger partial charge < -0.3 is 11.5 Å². The first kappa shape index (κ1) is 17.3. The van der Waals surface area contributed by atoms with E-state index in [9.17, 15) is 9.59 Å². The molecule has 0 aliphatic carbocycles. The molecular formula is C21H17N5O2. The van der Waals surface area contributed by atoms with Gasteiger partial charge in [-0.15, -0.1) is 5.10 Å². The Morgan fingerprint density at radius 2 is 1.54 bits per heavy atom. The smallest absolute Gasteiger partial charge is 0.317 e. The monoisotopic (exact) mass is 371 g/mol. The Hall–Kier alpha value is -4.13. The SMILES string of the molecule is NC(=O)Nc1nn(-c2ccc(-c3ccc4ccccc4c3)cc2)cc1C(N)=O. The third-order valence-electron chi connectivity index (χ3n) is 4.44. The third kappa shape index (κ3) is 3.28. The first-order valence-electron chi connectivity index (χ1n) is 8.57. The fourth-order valence-corrected chi connectivity index (χ4v) is 3.07. The minimum atomic E-state index is -0.820. The van der Waals surface area contributed by atoms with Crippen LogP contribution >= 0.6 is 0 Å². The Morgan fingerprint density at radius 1 is 0.857 bits per heavy atom. The van der Waals surface area contributed by atoms with Gasteiger partial charge in [-0.2, -0.15) is 0 Å². The minimum absolute atomic E-state index is 0.0265. The Bertz CT molecular complexity index is 1200. The van der Waals surface area contributed by atoms with E-state index in [2.05, 4.69) is 40.7 Å². The molecule has 28 heavy (non-hydrogen) atoms. The molecule has 0 saturated heterocycles. The zero-order chi connectivity index (χ0) is 19.7. The normalized spacial score (nSPS) is 10.7. The number of amides is 3. The van der Waals surface area contributed by atoms with Crippen molar-refractivity contribution in [1.82, 2.24) is 9.78 Å². The molecular weight excluding hydrogens is 354 g/mol. The van der Waals surface area contributed by atoms with E-state index in [1.807, 2.05) is 36.4 Å². The summed E-state index contributed by atoms with van der Waals surface area (Å²) in [6.07, 6.45) is 1.46. The van der Waals surface area contributed by atoms with E-state index in [0.29, 0.717) is 5.69 Å². The molecule has 4 rings (SSSR count). The number of benzene rings is 3. The van der Waals surface area contributed by atoms with Crippen molar-refractivity contribution in [3.05, 3.63) is 78.5 Å². The summed E-state index contributed by atoms with van der Waals surface area (Å²) in [7, 11) is 0. The number of rotatable bonds is 4. The van der Waals surface area contributed by atoms with E-state index < -0.39 is 11.9 Å². The topological polar surface area (TPSA) is 116 Å². The highest BCUT2D eigenvalue weighted by Crippen LogP contribution is 2.26. The molecule has 0 spiro atoms. The Balaban J connectivity index is 1.67. The molecule has 5 N–H and O–H groups in total. The van der Waals surface area contributed by atoms with Crippen molar-refractivity contribution in [2.24, 2.45) is 11.5 Å². The molecule has 1 heterocycles. The van der Waals surface area contributed by atoms with Crippen LogP contribution in [0.25, 0.3) is 27.6 Å². The second kappa shape index (κ2) is 6.88. The number of hydrogen-bond donors (Lipinski definition) is 3. The average molecular weight is 371 g/mol. The van der Waals surface area contributed by atoms with Crippen molar-refractivity contribution < 1.29 is 9.59 Å². The van der Waals surface area contributed by atoms with Crippen molar-refractivity contribution in [1.29, 1.82) is 0 Å². The summed E-state index contributed by atoms with van der Waals surface area (Å²) < 4.78 is 1.47. The van der Waals surface area contributed by atoms with Crippen molar-refractivity contribution in [2.45, 2.75) is 0 Å². The maximum Gasteiger partial charge on any atom is 0.317 e. The maximum absolute atomic E-state index is 11.6. The average Bonchev–Trinajstić information content (AvgIpc) is 3.11. The van der Waals surface area contributed by atoms with Gasteiger partial charge in [0.15, 0.2) is 5.82 Å². The van der Waals surface area contributed by atoms with E-state index in [4.69, 9.17) is 11.5 Å². The molecule has 0 unspecified atom stereocenters. The number of carbonyl (C=O) groups excluding carboxylic acids is 2. The lowest BCUT2D eigenvalue weighted by atomic mass is 10.0. The molecule has 3 amide bonds. The summed E-state index contributed by atoms with van der Waals surface area (Å²) in [6, 6.07) is 21.3. The highest BCUT2D eigenvalue weighted by molar-refractivity contribution is 6.01. The minimum Gasteiger partial charge on any atom is -0.365 e. The molecule has 0 bridgehead atoms. The number of nitrogens with zero attached hydrogens (tertiary/aromatic N) is 2. The number of aromatic nitrogens is 2. The van der Waals surface area contributed by atoms with E-state index in [-0.39, 0.29) is 11.4 Å². The van der Waals surface area contributed by atoms with Crippen LogP contribution in [0.15, 0.2) is 72.9 Å². The fraction of sp³-hybridized carbons (Fsp3) is 0. The van der Waals surface area contributed by atoms with Crippen molar-refractivity contribution in [3.8, 4) is 16.8 Å². The van der Waals surface area contributed by atoms with Crippen LogP contribution in [-0.4, -0.2) is 21.7 Å². The maximum atomic E-state index is 11.6. The first-order valence-corrected chi connectivity index (χ1v) is 8.57. The second-order valence-corrected chi connectivity index (χ2v) is 6.30. The van der Waals surface area contributed by atoms with Gasteiger partial charge in [0.25, 0.3) is 5.91 Å². The van der Waals surface area contributed by atoms with Crippen LogP contribution in [0.3, 0.4) is 0 Å².